The summed E-state index contributed by atoms with van der Waals surface area (Å²) in [6.07, 6.45) is 1.59. The standard InChI is InChI=1S/C17H15N5O2/c1-10-4-3-7-19-15(10)13-11(18-2)5-6-12(23)14(13)16(24)22-17-20-8-9-21-17/h3-7,23H,8-9H2,1H3,(H2,20,21,22,24). The van der Waals surface area contributed by atoms with Gasteiger partial charge in [0.25, 0.3) is 5.91 Å². The van der Waals surface area contributed by atoms with Crippen molar-refractivity contribution in [2.75, 3.05) is 13.1 Å². The Morgan fingerprint density at radius 2 is 2.25 bits per heavy atom. The number of nitrogens with one attached hydrogen (secondary N) is 2. The predicted molar refractivity (Wildman–Crippen MR) is 90.1 cm³/mol. The number of carbonyl (C=O) groups excluding carboxylic acids is 1. The van der Waals surface area contributed by atoms with Crippen molar-refractivity contribution < 1.29 is 9.90 Å². The third kappa shape index (κ3) is 2.77. The first-order valence-corrected chi connectivity index (χ1v) is 7.37. The number of benzene rings is 1. The number of phenolic OH excluding ortho intramolecular Hbond substituents is 1. The smallest absolute Gasteiger partial charge is 0.261 e. The van der Waals surface area contributed by atoms with Crippen LogP contribution >= 0.6 is 0 Å². The second-order valence-corrected chi connectivity index (χ2v) is 5.25. The van der Waals surface area contributed by atoms with Crippen molar-refractivity contribution in [1.82, 2.24) is 15.6 Å². The summed E-state index contributed by atoms with van der Waals surface area (Å²) in [7, 11) is 0. The minimum atomic E-state index is -0.536. The largest absolute Gasteiger partial charge is 0.507 e. The maximum Gasteiger partial charge on any atom is 0.261 e. The molecule has 0 aliphatic carbocycles. The summed E-state index contributed by atoms with van der Waals surface area (Å²) in [5.41, 5.74) is 1.88. The van der Waals surface area contributed by atoms with Gasteiger partial charge in [-0.15, -0.1) is 0 Å². The van der Waals surface area contributed by atoms with Gasteiger partial charge in [-0.2, -0.15) is 0 Å². The molecule has 0 unspecified atom stereocenters. The molecule has 3 rings (SSSR count). The van der Waals surface area contributed by atoms with E-state index in [4.69, 9.17) is 6.57 Å². The lowest BCUT2D eigenvalue weighted by atomic mass is 9.97. The SMILES string of the molecule is [C-]#[N+]c1ccc(O)c(C(=O)NC2=NCCN2)c1-c1ncccc1C. The molecule has 1 aromatic carbocycles. The Balaban J connectivity index is 2.16. The molecule has 1 aromatic heterocycles. The van der Waals surface area contributed by atoms with Gasteiger partial charge in [0, 0.05) is 18.3 Å². The van der Waals surface area contributed by atoms with Crippen LogP contribution in [0.4, 0.5) is 5.69 Å². The second-order valence-electron chi connectivity index (χ2n) is 5.25. The maximum atomic E-state index is 12.7. The molecule has 120 valence electrons. The fourth-order valence-corrected chi connectivity index (χ4v) is 2.54. The van der Waals surface area contributed by atoms with Crippen molar-refractivity contribution in [3.8, 4) is 17.0 Å². The second kappa shape index (κ2) is 6.38. The summed E-state index contributed by atoms with van der Waals surface area (Å²) in [4.78, 5) is 24.6. The van der Waals surface area contributed by atoms with Crippen LogP contribution in [0.15, 0.2) is 35.5 Å². The molecule has 0 saturated carbocycles. The highest BCUT2D eigenvalue weighted by molar-refractivity contribution is 6.12. The topological polar surface area (TPSA) is 91.0 Å². The van der Waals surface area contributed by atoms with Crippen molar-refractivity contribution >= 4 is 17.6 Å². The highest BCUT2D eigenvalue weighted by Gasteiger charge is 2.24. The van der Waals surface area contributed by atoms with Gasteiger partial charge in [-0.25, -0.2) is 4.85 Å². The fraction of sp³-hybridized carbons (Fsp3) is 0.176. The monoisotopic (exact) mass is 321 g/mol. The molecular formula is C17H15N5O2. The number of hydrogen-bond acceptors (Lipinski definition) is 5. The molecule has 0 bridgehead atoms. The quantitative estimate of drug-likeness (QED) is 0.738. The van der Waals surface area contributed by atoms with Crippen molar-refractivity contribution in [3.05, 3.63) is 53.0 Å². The molecule has 24 heavy (non-hydrogen) atoms. The van der Waals surface area contributed by atoms with E-state index in [-0.39, 0.29) is 17.0 Å². The zero-order valence-corrected chi connectivity index (χ0v) is 13.0. The number of amides is 1. The van der Waals surface area contributed by atoms with Gasteiger partial charge in [0.05, 0.1) is 24.4 Å². The molecule has 7 heteroatoms. The Bertz CT molecular complexity index is 883. The summed E-state index contributed by atoms with van der Waals surface area (Å²) in [6.45, 7) is 10.4. The normalized spacial score (nSPS) is 12.9. The van der Waals surface area contributed by atoms with Crippen LogP contribution < -0.4 is 10.6 Å². The van der Waals surface area contributed by atoms with E-state index in [1.165, 1.54) is 12.1 Å². The molecule has 0 saturated heterocycles. The molecule has 2 heterocycles. The third-order valence-electron chi connectivity index (χ3n) is 3.66. The van der Waals surface area contributed by atoms with Crippen molar-refractivity contribution in [1.29, 1.82) is 0 Å². The number of nitrogens with zero attached hydrogens (tertiary/aromatic N) is 3. The van der Waals surface area contributed by atoms with Crippen molar-refractivity contribution in [2.45, 2.75) is 6.92 Å². The Morgan fingerprint density at radius 3 is 2.92 bits per heavy atom. The van der Waals surface area contributed by atoms with Crippen LogP contribution in [0.3, 0.4) is 0 Å². The van der Waals surface area contributed by atoms with Gasteiger partial charge in [0.1, 0.15) is 5.75 Å². The number of hydrogen-bond donors (Lipinski definition) is 3. The van der Waals surface area contributed by atoms with Crippen LogP contribution in [0.1, 0.15) is 15.9 Å². The first kappa shape index (κ1) is 15.5. The van der Waals surface area contributed by atoms with Gasteiger partial charge in [-0.3, -0.25) is 20.1 Å². The summed E-state index contributed by atoms with van der Waals surface area (Å²) in [5, 5.41) is 15.8. The third-order valence-corrected chi connectivity index (χ3v) is 3.66. The maximum absolute atomic E-state index is 12.7. The van der Waals surface area contributed by atoms with Gasteiger partial charge in [-0.1, -0.05) is 12.1 Å². The van der Waals surface area contributed by atoms with E-state index in [9.17, 15) is 9.90 Å². The molecule has 0 atom stereocenters. The molecule has 3 N–H and O–H groups in total. The zero-order valence-electron chi connectivity index (χ0n) is 13.0. The van der Waals surface area contributed by atoms with Gasteiger partial charge in [0.15, 0.2) is 11.6 Å². The molecule has 0 radical (unpaired) electrons. The summed E-state index contributed by atoms with van der Waals surface area (Å²) in [6, 6.07) is 6.43. The fourth-order valence-electron chi connectivity index (χ4n) is 2.54. The van der Waals surface area contributed by atoms with E-state index in [0.29, 0.717) is 30.3 Å². The van der Waals surface area contributed by atoms with Crippen LogP contribution in [0, 0.1) is 13.5 Å². The Morgan fingerprint density at radius 1 is 1.42 bits per heavy atom. The van der Waals surface area contributed by atoms with E-state index >= 15 is 0 Å². The zero-order chi connectivity index (χ0) is 17.1. The lowest BCUT2D eigenvalue weighted by molar-refractivity contribution is 0.0974. The van der Waals surface area contributed by atoms with Gasteiger partial charge in [0.2, 0.25) is 0 Å². The van der Waals surface area contributed by atoms with Gasteiger partial charge < -0.3 is 10.4 Å². The van der Waals surface area contributed by atoms with Gasteiger partial charge in [-0.05, 0) is 24.6 Å². The average Bonchev–Trinajstić information content (AvgIpc) is 3.08. The molecule has 1 aliphatic heterocycles. The van der Waals surface area contributed by atoms with Crippen LogP contribution in [0.5, 0.6) is 5.75 Å². The van der Waals surface area contributed by atoms with E-state index < -0.39 is 5.91 Å². The van der Waals surface area contributed by atoms with Crippen LogP contribution in [0.25, 0.3) is 16.1 Å². The van der Waals surface area contributed by atoms with Crippen LogP contribution in [-0.2, 0) is 0 Å². The molecular weight excluding hydrogens is 306 g/mol. The van der Waals surface area contributed by atoms with Crippen LogP contribution in [-0.4, -0.2) is 35.0 Å². The molecule has 1 aliphatic rings. The number of aryl methyl sites for hydroxylation is 1. The summed E-state index contributed by atoms with van der Waals surface area (Å²) in [5.74, 6) is -0.388. The molecule has 7 nitrogen and oxygen atoms in total. The number of aromatic hydroxyl groups is 1. The number of rotatable bonds is 2. The molecule has 0 fully saturated rings. The average molecular weight is 321 g/mol. The van der Waals surface area contributed by atoms with Crippen molar-refractivity contribution in [2.24, 2.45) is 4.99 Å². The van der Waals surface area contributed by atoms with Gasteiger partial charge >= 0.3 is 0 Å². The Labute approximate surface area is 138 Å². The lowest BCUT2D eigenvalue weighted by Gasteiger charge is -2.14. The number of phenols is 1. The number of aromatic nitrogens is 1. The predicted octanol–water partition coefficient (Wildman–Crippen LogP) is 2.00. The molecule has 1 amide bonds. The Hall–Kier alpha value is -3.40. The Kier molecular flexibility index (Phi) is 4.12. The van der Waals surface area contributed by atoms with E-state index in [1.54, 1.807) is 12.3 Å². The minimum absolute atomic E-state index is 0.0155. The first-order valence-electron chi connectivity index (χ1n) is 7.37. The number of carbonyl (C=O) groups is 1. The summed E-state index contributed by atoms with van der Waals surface area (Å²) >= 11 is 0. The minimum Gasteiger partial charge on any atom is -0.507 e. The summed E-state index contributed by atoms with van der Waals surface area (Å²) < 4.78 is 0. The highest BCUT2D eigenvalue weighted by atomic mass is 16.3. The molecule has 2 aromatic rings. The number of guanidine groups is 1. The first-order chi connectivity index (χ1) is 11.6. The van der Waals surface area contributed by atoms with E-state index in [0.717, 1.165) is 5.56 Å². The van der Waals surface area contributed by atoms with Crippen molar-refractivity contribution in [3.63, 3.8) is 0 Å². The lowest BCUT2D eigenvalue weighted by Crippen LogP contribution is -2.38. The highest BCUT2D eigenvalue weighted by Crippen LogP contribution is 2.38. The van der Waals surface area contributed by atoms with E-state index in [1.807, 2.05) is 13.0 Å². The number of pyridine rings is 1. The van der Waals surface area contributed by atoms with Crippen LogP contribution in [0.2, 0.25) is 0 Å². The molecule has 0 spiro atoms. The number of aliphatic imine (C=N–C) groups is 1. The van der Waals surface area contributed by atoms with E-state index in [2.05, 4.69) is 25.5 Å².